The van der Waals surface area contributed by atoms with Crippen LogP contribution in [0.5, 0.6) is 0 Å². The highest BCUT2D eigenvalue weighted by Gasteiger charge is 2.23. The van der Waals surface area contributed by atoms with E-state index >= 15 is 0 Å². The Hall–Kier alpha value is -2.35. The number of amides is 2. The van der Waals surface area contributed by atoms with Crippen molar-refractivity contribution in [3.8, 4) is 6.07 Å². The number of rotatable bonds is 4. The average Bonchev–Trinajstić information content (AvgIpc) is 2.39. The van der Waals surface area contributed by atoms with Crippen molar-refractivity contribution in [3.05, 3.63) is 35.9 Å². The maximum Gasteiger partial charge on any atom is 0.242 e. The molecule has 0 fully saturated rings. The van der Waals surface area contributed by atoms with Gasteiger partial charge in [-0.1, -0.05) is 30.3 Å². The van der Waals surface area contributed by atoms with Crippen LogP contribution in [0, 0.1) is 11.3 Å². The van der Waals surface area contributed by atoms with Gasteiger partial charge in [0, 0.05) is 7.05 Å². The maximum atomic E-state index is 11.9. The Balaban J connectivity index is 2.76. The topological polar surface area (TPSA) is 82.0 Å². The third-order valence-corrected chi connectivity index (χ3v) is 2.52. The van der Waals surface area contributed by atoms with Gasteiger partial charge in [-0.05, 0) is 12.5 Å². The van der Waals surface area contributed by atoms with Gasteiger partial charge in [-0.3, -0.25) is 9.59 Å². The summed E-state index contributed by atoms with van der Waals surface area (Å²) < 4.78 is 0. The Morgan fingerprint density at radius 2 is 1.83 bits per heavy atom. The Labute approximate surface area is 106 Å². The fraction of sp³-hybridized carbons (Fsp3) is 0.308. The van der Waals surface area contributed by atoms with Gasteiger partial charge in [0.05, 0.1) is 6.07 Å². The van der Waals surface area contributed by atoms with E-state index in [4.69, 9.17) is 5.26 Å². The number of hydrogen-bond donors (Lipinski definition) is 2. The van der Waals surface area contributed by atoms with Gasteiger partial charge in [0.25, 0.3) is 0 Å². The van der Waals surface area contributed by atoms with Crippen LogP contribution < -0.4 is 10.6 Å². The Morgan fingerprint density at radius 1 is 1.22 bits per heavy atom. The number of nitriles is 1. The van der Waals surface area contributed by atoms with Crippen molar-refractivity contribution in [1.82, 2.24) is 10.6 Å². The van der Waals surface area contributed by atoms with E-state index in [1.165, 1.54) is 7.05 Å². The lowest BCUT2D eigenvalue weighted by Gasteiger charge is -2.15. The second-order valence-electron chi connectivity index (χ2n) is 3.82. The monoisotopic (exact) mass is 245 g/mol. The smallest absolute Gasteiger partial charge is 0.242 e. The summed E-state index contributed by atoms with van der Waals surface area (Å²) in [6.07, 6.45) is 0. The molecule has 0 aliphatic heterocycles. The number of nitrogens with zero attached hydrogens (tertiary/aromatic N) is 1. The molecular formula is C13H15N3O2. The van der Waals surface area contributed by atoms with Crippen molar-refractivity contribution < 1.29 is 9.59 Å². The van der Waals surface area contributed by atoms with Crippen LogP contribution in [0.2, 0.25) is 0 Å². The number of benzene rings is 1. The Bertz CT molecular complexity index is 465. The molecule has 0 spiro atoms. The van der Waals surface area contributed by atoms with Crippen LogP contribution >= 0.6 is 0 Å². The van der Waals surface area contributed by atoms with E-state index in [1.807, 2.05) is 12.1 Å². The Kier molecular flexibility index (Phi) is 4.88. The lowest BCUT2D eigenvalue weighted by atomic mass is 9.99. The fourth-order valence-corrected chi connectivity index (χ4v) is 1.51. The minimum atomic E-state index is -0.904. The van der Waals surface area contributed by atoms with E-state index in [1.54, 1.807) is 31.2 Å². The molecule has 2 amide bonds. The predicted molar refractivity (Wildman–Crippen MR) is 66.5 cm³/mol. The van der Waals surface area contributed by atoms with E-state index in [9.17, 15) is 9.59 Å². The van der Waals surface area contributed by atoms with E-state index in [-0.39, 0.29) is 5.91 Å². The molecule has 1 rings (SSSR count). The molecule has 2 N–H and O–H groups in total. The van der Waals surface area contributed by atoms with Gasteiger partial charge in [0.15, 0.2) is 0 Å². The summed E-state index contributed by atoms with van der Waals surface area (Å²) in [7, 11) is 1.49. The molecule has 5 nitrogen and oxygen atoms in total. The molecule has 0 aliphatic carbocycles. The fourth-order valence-electron chi connectivity index (χ4n) is 1.51. The molecule has 0 heterocycles. The predicted octanol–water partition coefficient (Wildman–Crippen LogP) is 0.544. The Morgan fingerprint density at radius 3 is 2.33 bits per heavy atom. The summed E-state index contributed by atoms with van der Waals surface area (Å²) >= 11 is 0. The highest BCUT2D eigenvalue weighted by molar-refractivity contribution is 5.91. The summed E-state index contributed by atoms with van der Waals surface area (Å²) in [5.74, 6) is -1.67. The first kappa shape index (κ1) is 13.7. The number of carbonyl (C=O) groups excluding carboxylic acids is 2. The first-order chi connectivity index (χ1) is 8.60. The molecule has 18 heavy (non-hydrogen) atoms. The maximum absolute atomic E-state index is 11.9. The van der Waals surface area contributed by atoms with Gasteiger partial charge in [-0.25, -0.2) is 0 Å². The van der Waals surface area contributed by atoms with Crippen LogP contribution in [0.25, 0.3) is 0 Å². The lowest BCUT2D eigenvalue weighted by Crippen LogP contribution is -2.45. The van der Waals surface area contributed by atoms with Gasteiger partial charge in [-0.15, -0.1) is 0 Å². The van der Waals surface area contributed by atoms with Gasteiger partial charge in [0.2, 0.25) is 11.8 Å². The van der Waals surface area contributed by atoms with Gasteiger partial charge in [0.1, 0.15) is 12.0 Å². The largest absolute Gasteiger partial charge is 0.357 e. The molecule has 5 heteroatoms. The molecule has 94 valence electrons. The summed E-state index contributed by atoms with van der Waals surface area (Å²) in [6, 6.07) is 10.0. The number of hydrogen-bond acceptors (Lipinski definition) is 3. The van der Waals surface area contributed by atoms with Crippen LogP contribution in [0.4, 0.5) is 0 Å². The number of likely N-dealkylation sites (N-methyl/N-ethyl adjacent to an activating group) is 1. The summed E-state index contributed by atoms with van der Waals surface area (Å²) in [5, 5.41) is 14.0. The molecule has 2 unspecified atom stereocenters. The molecule has 1 aromatic carbocycles. The van der Waals surface area contributed by atoms with Gasteiger partial charge >= 0.3 is 0 Å². The first-order valence-corrected chi connectivity index (χ1v) is 5.56. The quantitative estimate of drug-likeness (QED) is 0.812. The molecule has 0 radical (unpaired) electrons. The zero-order valence-corrected chi connectivity index (χ0v) is 10.3. The molecular weight excluding hydrogens is 230 g/mol. The van der Waals surface area contributed by atoms with Crippen LogP contribution in [-0.2, 0) is 9.59 Å². The van der Waals surface area contributed by atoms with Gasteiger partial charge < -0.3 is 10.6 Å². The van der Waals surface area contributed by atoms with Gasteiger partial charge in [-0.2, -0.15) is 5.26 Å². The molecule has 0 aliphatic rings. The highest BCUT2D eigenvalue weighted by atomic mass is 16.2. The average molecular weight is 245 g/mol. The molecule has 0 bridgehead atoms. The van der Waals surface area contributed by atoms with E-state index in [0.29, 0.717) is 5.56 Å². The van der Waals surface area contributed by atoms with E-state index in [2.05, 4.69) is 10.6 Å². The van der Waals surface area contributed by atoms with Crippen molar-refractivity contribution in [2.24, 2.45) is 0 Å². The zero-order valence-electron chi connectivity index (χ0n) is 10.3. The van der Waals surface area contributed by atoms with Crippen LogP contribution in [0.3, 0.4) is 0 Å². The number of nitrogens with one attached hydrogen (secondary N) is 2. The molecule has 2 atom stereocenters. The molecule has 0 saturated heterocycles. The van der Waals surface area contributed by atoms with Crippen molar-refractivity contribution in [2.45, 2.75) is 18.9 Å². The third-order valence-electron chi connectivity index (χ3n) is 2.52. The number of carbonyl (C=O) groups is 2. The standard InChI is InChI=1S/C13H15N3O2/c1-9(12(17)15-2)16-13(18)11(8-14)10-6-4-3-5-7-10/h3-7,9,11H,1-2H3,(H,15,17)(H,16,18). The zero-order chi connectivity index (χ0) is 13.5. The normalized spacial score (nSPS) is 12.9. The van der Waals surface area contributed by atoms with E-state index in [0.717, 1.165) is 0 Å². The van der Waals surface area contributed by atoms with Crippen molar-refractivity contribution in [1.29, 1.82) is 5.26 Å². The molecule has 1 aromatic rings. The SMILES string of the molecule is CNC(=O)C(C)NC(=O)C(C#N)c1ccccc1. The minimum Gasteiger partial charge on any atom is -0.357 e. The second-order valence-corrected chi connectivity index (χ2v) is 3.82. The van der Waals surface area contributed by atoms with Crippen LogP contribution in [0.15, 0.2) is 30.3 Å². The lowest BCUT2D eigenvalue weighted by molar-refractivity contribution is -0.128. The van der Waals surface area contributed by atoms with Crippen LogP contribution in [0.1, 0.15) is 18.4 Å². The summed E-state index contributed by atoms with van der Waals surface area (Å²) in [5.41, 5.74) is 0.613. The minimum absolute atomic E-state index is 0.298. The van der Waals surface area contributed by atoms with E-state index < -0.39 is 17.9 Å². The van der Waals surface area contributed by atoms with Crippen molar-refractivity contribution >= 4 is 11.8 Å². The molecule has 0 saturated carbocycles. The first-order valence-electron chi connectivity index (χ1n) is 5.56. The van der Waals surface area contributed by atoms with Crippen molar-refractivity contribution in [2.75, 3.05) is 7.05 Å². The summed E-state index contributed by atoms with van der Waals surface area (Å²) in [6.45, 7) is 1.57. The second kappa shape index (κ2) is 6.40. The third kappa shape index (κ3) is 3.32. The van der Waals surface area contributed by atoms with Crippen molar-refractivity contribution in [3.63, 3.8) is 0 Å². The molecule has 0 aromatic heterocycles. The summed E-state index contributed by atoms with van der Waals surface area (Å²) in [4.78, 5) is 23.2. The highest BCUT2D eigenvalue weighted by Crippen LogP contribution is 2.14. The van der Waals surface area contributed by atoms with Crippen LogP contribution in [-0.4, -0.2) is 24.9 Å².